The summed E-state index contributed by atoms with van der Waals surface area (Å²) in [6, 6.07) is 2.48. The van der Waals surface area contributed by atoms with Gasteiger partial charge in [-0.05, 0) is 18.2 Å². The fourth-order valence-corrected chi connectivity index (χ4v) is 3.27. The van der Waals surface area contributed by atoms with E-state index in [1.807, 2.05) is 0 Å². The zero-order chi connectivity index (χ0) is 8.53. The number of ether oxygens (including phenoxy) is 2. The summed E-state index contributed by atoms with van der Waals surface area (Å²) in [5, 5.41) is 0. The number of rotatable bonds is 7. The van der Waals surface area contributed by atoms with Gasteiger partial charge in [0.1, 0.15) is 0 Å². The lowest BCUT2D eigenvalue weighted by Gasteiger charge is -2.11. The van der Waals surface area contributed by atoms with Crippen LogP contribution in [0.5, 0.6) is 0 Å². The Bertz CT molecular complexity index is 78.8. The molecule has 0 saturated carbocycles. The van der Waals surface area contributed by atoms with Crippen molar-refractivity contribution in [2.24, 2.45) is 0 Å². The summed E-state index contributed by atoms with van der Waals surface area (Å²) in [4.78, 5) is 0. The lowest BCUT2D eigenvalue weighted by atomic mass is 10.6. The minimum atomic E-state index is 0.0320. The molecule has 4 heteroatoms. The standard InChI is InChI=1S/C7H18O2SSi/c1-8-7(9-2)6-11-5-3-4-10/h7,10H,3-6,11H2,1-2H3. The second kappa shape index (κ2) is 8.58. The average molecular weight is 194 g/mol. The van der Waals surface area contributed by atoms with Crippen LogP contribution in [0.4, 0.5) is 0 Å². The molecular weight excluding hydrogens is 176 g/mol. The molecule has 0 heterocycles. The van der Waals surface area contributed by atoms with Crippen molar-refractivity contribution in [1.29, 1.82) is 0 Å². The summed E-state index contributed by atoms with van der Waals surface area (Å²) in [5.74, 6) is 1.01. The predicted molar refractivity (Wildman–Crippen MR) is 54.4 cm³/mol. The van der Waals surface area contributed by atoms with E-state index in [1.54, 1.807) is 14.2 Å². The molecule has 0 bridgehead atoms. The molecule has 0 aliphatic rings. The molecule has 0 saturated heterocycles. The molecule has 0 radical (unpaired) electrons. The highest BCUT2D eigenvalue weighted by molar-refractivity contribution is 7.80. The molecule has 0 aliphatic carbocycles. The molecule has 0 aromatic heterocycles. The van der Waals surface area contributed by atoms with Crippen molar-refractivity contribution >= 4 is 22.1 Å². The van der Waals surface area contributed by atoms with E-state index in [0.717, 1.165) is 11.8 Å². The van der Waals surface area contributed by atoms with Crippen LogP contribution in [-0.2, 0) is 9.47 Å². The number of methoxy groups -OCH3 is 2. The summed E-state index contributed by atoms with van der Waals surface area (Å²) in [6.45, 7) is 0. The van der Waals surface area contributed by atoms with E-state index < -0.39 is 0 Å². The summed E-state index contributed by atoms with van der Waals surface area (Å²) in [5.41, 5.74) is 0. The van der Waals surface area contributed by atoms with Crippen LogP contribution in [-0.4, -0.2) is 35.8 Å². The van der Waals surface area contributed by atoms with Gasteiger partial charge in [-0.25, -0.2) is 0 Å². The molecule has 0 aromatic rings. The van der Waals surface area contributed by atoms with Crippen LogP contribution in [0.2, 0.25) is 12.1 Å². The van der Waals surface area contributed by atoms with Crippen LogP contribution in [0, 0.1) is 0 Å². The van der Waals surface area contributed by atoms with Crippen molar-refractivity contribution in [3.63, 3.8) is 0 Å². The molecule has 11 heavy (non-hydrogen) atoms. The number of hydrogen-bond acceptors (Lipinski definition) is 3. The second-order valence-electron chi connectivity index (χ2n) is 2.47. The van der Waals surface area contributed by atoms with Crippen molar-refractivity contribution in [3.8, 4) is 0 Å². The van der Waals surface area contributed by atoms with Crippen LogP contribution in [0.15, 0.2) is 0 Å². The Hall–Kier alpha value is 0.487. The van der Waals surface area contributed by atoms with E-state index in [-0.39, 0.29) is 15.8 Å². The highest BCUT2D eigenvalue weighted by Crippen LogP contribution is 2.01. The minimum Gasteiger partial charge on any atom is -0.356 e. The number of hydrogen-bond donors (Lipinski definition) is 1. The highest BCUT2D eigenvalue weighted by atomic mass is 32.1. The minimum absolute atomic E-state index is 0.0320. The van der Waals surface area contributed by atoms with E-state index in [0.29, 0.717) is 0 Å². The molecule has 0 N–H and O–H groups in total. The molecule has 0 fully saturated rings. The first-order valence-electron chi connectivity index (χ1n) is 4.01. The molecule has 0 rings (SSSR count). The van der Waals surface area contributed by atoms with Crippen molar-refractivity contribution < 1.29 is 9.47 Å². The predicted octanol–water partition coefficient (Wildman–Crippen LogP) is 0.931. The van der Waals surface area contributed by atoms with Gasteiger partial charge in [0.25, 0.3) is 0 Å². The van der Waals surface area contributed by atoms with Crippen molar-refractivity contribution in [3.05, 3.63) is 0 Å². The third-order valence-electron chi connectivity index (χ3n) is 1.62. The molecular formula is C7H18O2SSi. The van der Waals surface area contributed by atoms with Gasteiger partial charge in [0.2, 0.25) is 0 Å². The molecule has 68 valence electrons. The third-order valence-corrected chi connectivity index (χ3v) is 3.82. The topological polar surface area (TPSA) is 18.5 Å². The largest absolute Gasteiger partial charge is 0.356 e. The van der Waals surface area contributed by atoms with Gasteiger partial charge in [0.15, 0.2) is 6.29 Å². The first-order chi connectivity index (χ1) is 5.35. The van der Waals surface area contributed by atoms with Gasteiger partial charge >= 0.3 is 0 Å². The van der Waals surface area contributed by atoms with Gasteiger partial charge < -0.3 is 9.47 Å². The monoisotopic (exact) mass is 194 g/mol. The Morgan fingerprint density at radius 1 is 1.36 bits per heavy atom. The molecule has 0 unspecified atom stereocenters. The van der Waals surface area contributed by atoms with Gasteiger partial charge in [-0.3, -0.25) is 0 Å². The van der Waals surface area contributed by atoms with Gasteiger partial charge in [-0.1, -0.05) is 6.04 Å². The smallest absolute Gasteiger partial charge is 0.153 e. The summed E-state index contributed by atoms with van der Waals surface area (Å²) >= 11 is 4.15. The maximum Gasteiger partial charge on any atom is 0.153 e. The fourth-order valence-electron chi connectivity index (χ4n) is 0.932. The van der Waals surface area contributed by atoms with Crippen LogP contribution >= 0.6 is 12.6 Å². The summed E-state index contributed by atoms with van der Waals surface area (Å²) in [7, 11) is 3.42. The maximum atomic E-state index is 5.07. The normalized spacial score (nSPS) is 12.0. The van der Waals surface area contributed by atoms with Crippen LogP contribution in [0.25, 0.3) is 0 Å². The van der Waals surface area contributed by atoms with E-state index in [1.165, 1.54) is 12.5 Å². The Morgan fingerprint density at radius 3 is 2.45 bits per heavy atom. The van der Waals surface area contributed by atoms with E-state index in [9.17, 15) is 0 Å². The zero-order valence-electron chi connectivity index (χ0n) is 7.38. The maximum absolute atomic E-state index is 5.07. The lowest BCUT2D eigenvalue weighted by molar-refractivity contribution is -0.0876. The number of thiol groups is 1. The third kappa shape index (κ3) is 6.87. The lowest BCUT2D eigenvalue weighted by Crippen LogP contribution is -2.14. The van der Waals surface area contributed by atoms with E-state index in [2.05, 4.69) is 12.6 Å². The Labute approximate surface area is 76.9 Å². The van der Waals surface area contributed by atoms with E-state index >= 15 is 0 Å². The SMILES string of the molecule is COC(C[SiH2]CCCS)OC. The highest BCUT2D eigenvalue weighted by Gasteiger charge is 2.03. The molecule has 0 spiro atoms. The quantitative estimate of drug-likeness (QED) is 0.281. The van der Waals surface area contributed by atoms with Gasteiger partial charge in [-0.2, -0.15) is 12.6 Å². The summed E-state index contributed by atoms with van der Waals surface area (Å²) in [6.07, 6.45) is 1.29. The molecule has 0 atom stereocenters. The Kier molecular flexibility index (Phi) is 8.96. The van der Waals surface area contributed by atoms with Gasteiger partial charge in [0.05, 0.1) is 0 Å². The van der Waals surface area contributed by atoms with Crippen molar-refractivity contribution in [2.75, 3.05) is 20.0 Å². The molecule has 0 aromatic carbocycles. The Morgan fingerprint density at radius 2 is 2.00 bits per heavy atom. The average Bonchev–Trinajstić information content (AvgIpc) is 2.05. The van der Waals surface area contributed by atoms with Crippen LogP contribution < -0.4 is 0 Å². The zero-order valence-corrected chi connectivity index (χ0v) is 9.69. The van der Waals surface area contributed by atoms with Crippen molar-refractivity contribution in [2.45, 2.75) is 24.8 Å². The fraction of sp³-hybridized carbons (Fsp3) is 1.00. The van der Waals surface area contributed by atoms with Gasteiger partial charge in [-0.15, -0.1) is 0 Å². The van der Waals surface area contributed by atoms with Crippen molar-refractivity contribution in [1.82, 2.24) is 0 Å². The van der Waals surface area contributed by atoms with E-state index in [4.69, 9.17) is 9.47 Å². The van der Waals surface area contributed by atoms with Crippen LogP contribution in [0.3, 0.4) is 0 Å². The molecule has 0 aliphatic heterocycles. The molecule has 2 nitrogen and oxygen atoms in total. The first-order valence-corrected chi connectivity index (χ1v) is 6.64. The second-order valence-corrected chi connectivity index (χ2v) is 4.91. The Balaban J connectivity index is 3.07. The van der Waals surface area contributed by atoms with Gasteiger partial charge in [0, 0.05) is 23.7 Å². The summed E-state index contributed by atoms with van der Waals surface area (Å²) < 4.78 is 10.1. The van der Waals surface area contributed by atoms with Crippen LogP contribution in [0.1, 0.15) is 6.42 Å². The molecule has 0 amide bonds. The first kappa shape index (κ1) is 11.5.